The highest BCUT2D eigenvalue weighted by Gasteiger charge is 2.40. The lowest BCUT2D eigenvalue weighted by Crippen LogP contribution is -2.38. The Hall–Kier alpha value is -3.04. The van der Waals surface area contributed by atoms with Crippen LogP contribution in [0.2, 0.25) is 0 Å². The molecule has 0 fully saturated rings. The summed E-state index contributed by atoms with van der Waals surface area (Å²) < 4.78 is 135. The van der Waals surface area contributed by atoms with Gasteiger partial charge >= 0.3 is 18.3 Å². The molecule has 0 N–H and O–H groups in total. The molecular weight excluding hydrogens is 494 g/mol. The van der Waals surface area contributed by atoms with Gasteiger partial charge in [-0.3, -0.25) is 0 Å². The average molecular weight is 507 g/mol. The summed E-state index contributed by atoms with van der Waals surface area (Å²) in [7, 11) is -4.29. The van der Waals surface area contributed by atoms with Crippen molar-refractivity contribution in [1.29, 1.82) is 0 Å². The number of alkyl halides is 8. The Labute approximate surface area is 181 Å². The third kappa shape index (κ3) is 6.27. The predicted molar refractivity (Wildman–Crippen MR) is 95.8 cm³/mol. The first-order valence-electron chi connectivity index (χ1n) is 8.53. The van der Waals surface area contributed by atoms with Crippen LogP contribution >= 0.6 is 0 Å². The van der Waals surface area contributed by atoms with Gasteiger partial charge in [-0.25, -0.2) is 36.3 Å². The number of halogens is 8. The van der Waals surface area contributed by atoms with Crippen LogP contribution in [0.25, 0.3) is 0 Å². The SMILES string of the molecule is COC(=O)c1nccnc1N(CC(F)F)S(=O)(=O)Cc1ccc(C(F)(F)F)cc1C(F)(F)F. The minimum atomic E-state index is -5.40. The van der Waals surface area contributed by atoms with E-state index in [2.05, 4.69) is 14.7 Å². The second-order valence-corrected chi connectivity index (χ2v) is 8.16. The Balaban J connectivity index is 2.63. The molecule has 0 saturated carbocycles. The van der Waals surface area contributed by atoms with Crippen molar-refractivity contribution in [3.8, 4) is 0 Å². The number of aromatic nitrogens is 2. The average Bonchev–Trinajstić information content (AvgIpc) is 2.69. The second kappa shape index (κ2) is 9.44. The van der Waals surface area contributed by atoms with Crippen LogP contribution in [0.4, 0.5) is 40.9 Å². The van der Waals surface area contributed by atoms with Gasteiger partial charge in [0.2, 0.25) is 10.0 Å². The van der Waals surface area contributed by atoms with E-state index in [0.717, 1.165) is 19.5 Å². The summed E-state index contributed by atoms with van der Waals surface area (Å²) in [5.74, 6) is -3.87. The summed E-state index contributed by atoms with van der Waals surface area (Å²) in [4.78, 5) is 18.8. The maximum absolute atomic E-state index is 13.4. The number of hydrogen-bond donors (Lipinski definition) is 0. The molecule has 0 saturated heterocycles. The molecule has 0 spiro atoms. The summed E-state index contributed by atoms with van der Waals surface area (Å²) in [6.45, 7) is -1.63. The van der Waals surface area contributed by atoms with Crippen molar-refractivity contribution in [3.05, 3.63) is 53.0 Å². The zero-order chi connectivity index (χ0) is 25.2. The van der Waals surface area contributed by atoms with Crippen molar-refractivity contribution in [1.82, 2.24) is 9.97 Å². The van der Waals surface area contributed by atoms with Gasteiger partial charge in [0.15, 0.2) is 11.5 Å². The zero-order valence-corrected chi connectivity index (χ0v) is 17.1. The molecule has 0 aliphatic rings. The van der Waals surface area contributed by atoms with Gasteiger partial charge in [-0.2, -0.15) is 26.3 Å². The molecule has 7 nitrogen and oxygen atoms in total. The molecule has 1 heterocycles. The number of ether oxygens (including phenoxy) is 1. The van der Waals surface area contributed by atoms with Gasteiger partial charge in [-0.05, 0) is 17.7 Å². The molecule has 0 amide bonds. The van der Waals surface area contributed by atoms with Crippen LogP contribution in [-0.4, -0.2) is 44.4 Å². The van der Waals surface area contributed by atoms with Crippen molar-refractivity contribution in [2.75, 3.05) is 18.0 Å². The summed E-state index contributed by atoms with van der Waals surface area (Å²) in [6.07, 6.45) is -12.2. The van der Waals surface area contributed by atoms with Gasteiger partial charge in [0.05, 0.1) is 30.5 Å². The van der Waals surface area contributed by atoms with Gasteiger partial charge in [0, 0.05) is 12.4 Å². The number of sulfonamides is 1. The fourth-order valence-corrected chi connectivity index (χ4v) is 4.17. The zero-order valence-electron chi connectivity index (χ0n) is 16.3. The van der Waals surface area contributed by atoms with Crippen molar-refractivity contribution >= 4 is 21.8 Å². The lowest BCUT2D eigenvalue weighted by molar-refractivity contribution is -0.143. The molecular formula is C17H13F8N3O4S. The van der Waals surface area contributed by atoms with E-state index in [4.69, 9.17) is 0 Å². The Kier molecular flexibility index (Phi) is 7.50. The first-order valence-corrected chi connectivity index (χ1v) is 10.1. The minimum absolute atomic E-state index is 0.144. The number of rotatable bonds is 7. The van der Waals surface area contributed by atoms with E-state index < -0.39 is 75.3 Å². The van der Waals surface area contributed by atoms with Gasteiger partial charge in [0.25, 0.3) is 6.43 Å². The minimum Gasteiger partial charge on any atom is -0.464 e. The summed E-state index contributed by atoms with van der Waals surface area (Å²) in [5, 5.41) is 0. The Morgan fingerprint density at radius 2 is 1.67 bits per heavy atom. The number of anilines is 1. The molecule has 0 bridgehead atoms. The molecule has 0 aliphatic carbocycles. The Morgan fingerprint density at radius 1 is 1.06 bits per heavy atom. The summed E-state index contributed by atoms with van der Waals surface area (Å²) in [5.41, 5.74) is -5.58. The number of benzene rings is 1. The third-order valence-electron chi connectivity index (χ3n) is 4.01. The van der Waals surface area contributed by atoms with Crippen LogP contribution in [0.1, 0.15) is 27.2 Å². The Bertz CT molecular complexity index is 1120. The van der Waals surface area contributed by atoms with E-state index in [1.54, 1.807) is 0 Å². The standard InChI is InChI=1S/C17H13F8N3O4S/c1-32-15(29)13-14(27-5-4-26-13)28(7-12(18)19)33(30,31)8-9-2-3-10(16(20,21)22)6-11(9)17(23,24)25/h2-6,12H,7-8H2,1H3. The van der Waals surface area contributed by atoms with E-state index in [-0.39, 0.29) is 22.5 Å². The first-order chi connectivity index (χ1) is 15.1. The maximum Gasteiger partial charge on any atom is 0.416 e. The van der Waals surface area contributed by atoms with Gasteiger partial charge in [-0.15, -0.1) is 0 Å². The number of carbonyl (C=O) groups excluding carboxylic acids is 1. The first kappa shape index (κ1) is 26.2. The van der Waals surface area contributed by atoms with Crippen LogP contribution < -0.4 is 4.31 Å². The van der Waals surface area contributed by atoms with Gasteiger partial charge in [-0.1, -0.05) is 6.07 Å². The lowest BCUT2D eigenvalue weighted by Gasteiger charge is -2.25. The molecule has 182 valence electrons. The molecule has 2 aromatic rings. The van der Waals surface area contributed by atoms with E-state index >= 15 is 0 Å². The van der Waals surface area contributed by atoms with Gasteiger partial charge < -0.3 is 4.74 Å². The topological polar surface area (TPSA) is 89.5 Å². The van der Waals surface area contributed by atoms with Crippen molar-refractivity contribution in [2.24, 2.45) is 0 Å². The summed E-state index contributed by atoms with van der Waals surface area (Å²) in [6, 6.07) is 0.214. The highest BCUT2D eigenvalue weighted by molar-refractivity contribution is 7.92. The molecule has 1 aromatic heterocycles. The number of hydrogen-bond acceptors (Lipinski definition) is 6. The fraction of sp³-hybridized carbons (Fsp3) is 0.353. The largest absolute Gasteiger partial charge is 0.464 e. The van der Waals surface area contributed by atoms with Crippen LogP contribution in [0.15, 0.2) is 30.6 Å². The molecule has 0 atom stereocenters. The van der Waals surface area contributed by atoms with E-state index in [9.17, 15) is 48.3 Å². The molecule has 2 rings (SSSR count). The van der Waals surface area contributed by atoms with Crippen LogP contribution in [0, 0.1) is 0 Å². The van der Waals surface area contributed by atoms with E-state index in [0.29, 0.717) is 0 Å². The smallest absolute Gasteiger partial charge is 0.416 e. The molecule has 33 heavy (non-hydrogen) atoms. The van der Waals surface area contributed by atoms with E-state index in [1.165, 1.54) is 0 Å². The molecule has 1 aromatic carbocycles. The molecule has 0 aliphatic heterocycles. The van der Waals surface area contributed by atoms with E-state index in [1.807, 2.05) is 0 Å². The highest BCUT2D eigenvalue weighted by atomic mass is 32.2. The predicted octanol–water partition coefficient (Wildman–Crippen LogP) is 3.90. The Morgan fingerprint density at radius 3 is 2.18 bits per heavy atom. The number of carbonyl (C=O) groups is 1. The monoisotopic (exact) mass is 507 g/mol. The summed E-state index contributed by atoms with van der Waals surface area (Å²) >= 11 is 0. The number of nitrogens with zero attached hydrogens (tertiary/aromatic N) is 3. The van der Waals surface area contributed by atoms with Crippen molar-refractivity contribution in [3.63, 3.8) is 0 Å². The third-order valence-corrected chi connectivity index (χ3v) is 5.68. The van der Waals surface area contributed by atoms with Crippen LogP contribution in [0.3, 0.4) is 0 Å². The quantitative estimate of drug-likeness (QED) is 0.417. The lowest BCUT2D eigenvalue weighted by atomic mass is 10.0. The highest BCUT2D eigenvalue weighted by Crippen LogP contribution is 2.38. The molecule has 16 heteroatoms. The maximum atomic E-state index is 13.4. The number of methoxy groups -OCH3 is 1. The normalized spacial score (nSPS) is 12.7. The second-order valence-electron chi connectivity index (χ2n) is 6.27. The van der Waals surface area contributed by atoms with Crippen molar-refractivity contribution < 1.29 is 53.1 Å². The molecule has 0 radical (unpaired) electrons. The van der Waals surface area contributed by atoms with Crippen LogP contribution in [-0.2, 0) is 32.9 Å². The number of esters is 1. The molecule has 0 unspecified atom stereocenters. The van der Waals surface area contributed by atoms with Crippen LogP contribution in [0.5, 0.6) is 0 Å². The fourth-order valence-electron chi connectivity index (χ4n) is 2.63. The van der Waals surface area contributed by atoms with Crippen molar-refractivity contribution in [2.45, 2.75) is 24.5 Å². The van der Waals surface area contributed by atoms with Gasteiger partial charge in [0.1, 0.15) is 0 Å².